The fourth-order valence-corrected chi connectivity index (χ4v) is 2.10. The maximum Gasteiger partial charge on any atom is 0.315 e. The lowest BCUT2D eigenvalue weighted by molar-refractivity contribution is -0.138. The Morgan fingerprint density at radius 2 is 1.65 bits per heavy atom. The van der Waals surface area contributed by atoms with Gasteiger partial charge < -0.3 is 20.8 Å². The molecule has 126 valence electrons. The molecule has 1 rings (SSSR count). The molecule has 0 aliphatic rings. The highest BCUT2D eigenvalue weighted by atomic mass is 16.4. The van der Waals surface area contributed by atoms with E-state index in [1.807, 2.05) is 30.3 Å². The lowest BCUT2D eigenvalue weighted by Gasteiger charge is -2.18. The molecular formula is C16H22N2O5. The van der Waals surface area contributed by atoms with Gasteiger partial charge >= 0.3 is 18.0 Å². The molecule has 0 aliphatic carbocycles. The number of hydrogen-bond donors (Lipinski definition) is 4. The molecule has 2 amide bonds. The first-order valence-corrected chi connectivity index (χ1v) is 7.49. The van der Waals surface area contributed by atoms with Gasteiger partial charge in [-0.2, -0.15) is 0 Å². The maximum atomic E-state index is 11.8. The molecule has 0 aliphatic heterocycles. The summed E-state index contributed by atoms with van der Waals surface area (Å²) in [7, 11) is 0. The van der Waals surface area contributed by atoms with E-state index in [9.17, 15) is 14.4 Å². The van der Waals surface area contributed by atoms with Gasteiger partial charge in [0.15, 0.2) is 0 Å². The van der Waals surface area contributed by atoms with Gasteiger partial charge in [0.25, 0.3) is 0 Å². The van der Waals surface area contributed by atoms with Crippen molar-refractivity contribution in [2.75, 3.05) is 6.54 Å². The molecule has 0 fully saturated rings. The fraction of sp³-hybridized carbons (Fsp3) is 0.438. The summed E-state index contributed by atoms with van der Waals surface area (Å²) in [6.45, 7) is 0.259. The van der Waals surface area contributed by atoms with E-state index in [-0.39, 0.29) is 25.4 Å². The van der Waals surface area contributed by atoms with Crippen molar-refractivity contribution in [3.8, 4) is 0 Å². The number of hydrogen-bond acceptors (Lipinski definition) is 3. The van der Waals surface area contributed by atoms with Crippen molar-refractivity contribution in [2.24, 2.45) is 0 Å². The van der Waals surface area contributed by atoms with Gasteiger partial charge in [0.2, 0.25) is 0 Å². The van der Waals surface area contributed by atoms with Crippen LogP contribution < -0.4 is 10.6 Å². The minimum absolute atomic E-state index is 0.00720. The van der Waals surface area contributed by atoms with Crippen molar-refractivity contribution in [3.05, 3.63) is 35.9 Å². The van der Waals surface area contributed by atoms with Crippen molar-refractivity contribution in [3.63, 3.8) is 0 Å². The van der Waals surface area contributed by atoms with Crippen LogP contribution in [0.2, 0.25) is 0 Å². The highest BCUT2D eigenvalue weighted by Gasteiger charge is 2.14. The predicted octanol–water partition coefficient (Wildman–Crippen LogP) is 1.63. The highest BCUT2D eigenvalue weighted by molar-refractivity contribution is 5.74. The molecule has 7 heteroatoms. The molecule has 1 unspecified atom stereocenters. The van der Waals surface area contributed by atoms with Crippen LogP contribution in [-0.2, 0) is 16.0 Å². The Labute approximate surface area is 134 Å². The third-order valence-electron chi connectivity index (χ3n) is 3.22. The molecule has 0 saturated heterocycles. The Balaban J connectivity index is 2.46. The second kappa shape index (κ2) is 10.2. The van der Waals surface area contributed by atoms with Gasteiger partial charge in [-0.15, -0.1) is 0 Å². The third kappa shape index (κ3) is 9.13. The van der Waals surface area contributed by atoms with Crippen LogP contribution in [0.15, 0.2) is 30.3 Å². The standard InChI is InChI=1S/C16H22N2O5/c19-14(20)7-4-10-17-16(23)18-13(8-9-15(21)22)11-12-5-2-1-3-6-12/h1-3,5-6,13H,4,7-11H2,(H,19,20)(H,21,22)(H2,17,18,23). The van der Waals surface area contributed by atoms with Gasteiger partial charge in [-0.25, -0.2) is 4.79 Å². The molecular weight excluding hydrogens is 300 g/mol. The predicted molar refractivity (Wildman–Crippen MR) is 84.2 cm³/mol. The fourth-order valence-electron chi connectivity index (χ4n) is 2.10. The average molecular weight is 322 g/mol. The van der Waals surface area contributed by atoms with E-state index in [4.69, 9.17) is 10.2 Å². The molecule has 7 nitrogen and oxygen atoms in total. The Morgan fingerprint density at radius 1 is 1.00 bits per heavy atom. The Kier molecular flexibility index (Phi) is 8.20. The summed E-state index contributed by atoms with van der Waals surface area (Å²) in [5.41, 5.74) is 1.01. The van der Waals surface area contributed by atoms with Gasteiger partial charge in [-0.1, -0.05) is 30.3 Å². The van der Waals surface area contributed by atoms with Crippen molar-refractivity contribution < 1.29 is 24.6 Å². The number of carboxylic acid groups (broad SMARTS) is 2. The average Bonchev–Trinajstić information content (AvgIpc) is 2.50. The first-order chi connectivity index (χ1) is 11.0. The van der Waals surface area contributed by atoms with E-state index in [2.05, 4.69) is 10.6 Å². The van der Waals surface area contributed by atoms with Gasteiger partial charge in [0.05, 0.1) is 0 Å². The first-order valence-electron chi connectivity index (χ1n) is 7.49. The maximum absolute atomic E-state index is 11.8. The number of carboxylic acids is 2. The molecule has 23 heavy (non-hydrogen) atoms. The van der Waals surface area contributed by atoms with E-state index in [1.54, 1.807) is 0 Å². The zero-order valence-corrected chi connectivity index (χ0v) is 12.8. The molecule has 0 aromatic heterocycles. The van der Waals surface area contributed by atoms with Crippen molar-refractivity contribution in [1.29, 1.82) is 0 Å². The number of urea groups is 1. The first kappa shape index (κ1) is 18.5. The van der Waals surface area contributed by atoms with Crippen molar-refractivity contribution >= 4 is 18.0 Å². The van der Waals surface area contributed by atoms with Crippen LogP contribution in [0, 0.1) is 0 Å². The topological polar surface area (TPSA) is 116 Å². The largest absolute Gasteiger partial charge is 0.481 e. The molecule has 0 bridgehead atoms. The zero-order chi connectivity index (χ0) is 17.1. The number of aliphatic carboxylic acids is 2. The summed E-state index contributed by atoms with van der Waals surface area (Å²) in [6, 6.07) is 8.78. The Hall–Kier alpha value is -2.57. The summed E-state index contributed by atoms with van der Waals surface area (Å²) < 4.78 is 0. The van der Waals surface area contributed by atoms with Crippen LogP contribution in [0.3, 0.4) is 0 Å². The van der Waals surface area contributed by atoms with Gasteiger partial charge in [0, 0.05) is 25.4 Å². The number of rotatable bonds is 10. The van der Waals surface area contributed by atoms with Crippen LogP contribution in [0.1, 0.15) is 31.2 Å². The van der Waals surface area contributed by atoms with Crippen LogP contribution in [-0.4, -0.2) is 40.8 Å². The molecule has 0 radical (unpaired) electrons. The van der Waals surface area contributed by atoms with Crippen LogP contribution in [0.25, 0.3) is 0 Å². The van der Waals surface area contributed by atoms with Crippen molar-refractivity contribution in [2.45, 2.75) is 38.1 Å². The van der Waals surface area contributed by atoms with Crippen LogP contribution in [0.5, 0.6) is 0 Å². The third-order valence-corrected chi connectivity index (χ3v) is 3.22. The lowest BCUT2D eigenvalue weighted by Crippen LogP contribution is -2.43. The molecule has 1 atom stereocenters. The SMILES string of the molecule is O=C(O)CCCNC(=O)NC(CCC(=O)O)Cc1ccccc1. The van der Waals surface area contributed by atoms with Gasteiger partial charge in [0.1, 0.15) is 0 Å². The smallest absolute Gasteiger partial charge is 0.315 e. The molecule has 1 aromatic carbocycles. The zero-order valence-electron chi connectivity index (χ0n) is 12.8. The molecule has 0 saturated carbocycles. The van der Waals surface area contributed by atoms with E-state index in [0.717, 1.165) is 5.56 Å². The number of benzene rings is 1. The summed E-state index contributed by atoms with van der Waals surface area (Å²) in [6.07, 6.45) is 1.17. The monoisotopic (exact) mass is 322 g/mol. The number of nitrogens with one attached hydrogen (secondary N) is 2. The molecule has 4 N–H and O–H groups in total. The summed E-state index contributed by atoms with van der Waals surface area (Å²) in [5.74, 6) is -1.82. The van der Waals surface area contributed by atoms with Crippen molar-refractivity contribution in [1.82, 2.24) is 10.6 Å². The van der Waals surface area contributed by atoms with Gasteiger partial charge in [-0.3, -0.25) is 9.59 Å². The van der Waals surface area contributed by atoms with Gasteiger partial charge in [-0.05, 0) is 24.8 Å². The Morgan fingerprint density at radius 3 is 2.26 bits per heavy atom. The lowest BCUT2D eigenvalue weighted by atomic mass is 10.0. The van der Waals surface area contributed by atoms with E-state index in [0.29, 0.717) is 19.3 Å². The second-order valence-electron chi connectivity index (χ2n) is 5.22. The van der Waals surface area contributed by atoms with E-state index < -0.39 is 18.0 Å². The number of carbonyl (C=O) groups is 3. The van der Waals surface area contributed by atoms with Crippen LogP contribution >= 0.6 is 0 Å². The highest BCUT2D eigenvalue weighted by Crippen LogP contribution is 2.08. The molecule has 0 spiro atoms. The summed E-state index contributed by atoms with van der Waals surface area (Å²) in [5, 5.41) is 22.7. The Bertz CT molecular complexity index is 518. The van der Waals surface area contributed by atoms with E-state index >= 15 is 0 Å². The molecule has 0 heterocycles. The quantitative estimate of drug-likeness (QED) is 0.489. The van der Waals surface area contributed by atoms with E-state index in [1.165, 1.54) is 0 Å². The summed E-state index contributed by atoms with van der Waals surface area (Å²) >= 11 is 0. The van der Waals surface area contributed by atoms with Crippen LogP contribution in [0.4, 0.5) is 4.79 Å². The normalized spacial score (nSPS) is 11.5. The molecule has 1 aromatic rings. The minimum atomic E-state index is -0.910. The minimum Gasteiger partial charge on any atom is -0.481 e. The number of amides is 2. The summed E-state index contributed by atoms with van der Waals surface area (Å²) in [4.78, 5) is 32.9. The number of carbonyl (C=O) groups excluding carboxylic acids is 1. The second-order valence-corrected chi connectivity index (χ2v) is 5.22.